The smallest absolute Gasteiger partial charge is 0.237 e. The monoisotopic (exact) mass is 369 g/mol. The van der Waals surface area contributed by atoms with E-state index in [2.05, 4.69) is 15.5 Å². The molecule has 2 N–H and O–H groups in total. The van der Waals surface area contributed by atoms with E-state index in [9.17, 15) is 9.18 Å². The molecule has 2 saturated heterocycles. The van der Waals surface area contributed by atoms with Crippen molar-refractivity contribution in [3.05, 3.63) is 35.6 Å². The molecule has 2 unspecified atom stereocenters. The second-order valence-corrected chi connectivity index (χ2v) is 7.07. The van der Waals surface area contributed by atoms with E-state index in [0.717, 1.165) is 51.0 Å². The summed E-state index contributed by atoms with van der Waals surface area (Å²) in [4.78, 5) is 14.9. The maximum absolute atomic E-state index is 13.1. The quantitative estimate of drug-likeness (QED) is 0.838. The first-order valence-electron chi connectivity index (χ1n) is 9.19. The molecule has 1 aromatic rings. The van der Waals surface area contributed by atoms with Crippen LogP contribution in [-0.4, -0.2) is 43.0 Å². The predicted octanol–water partition coefficient (Wildman–Crippen LogP) is 2.72. The fraction of sp³-hybridized carbons (Fsp3) is 0.632. The Kier molecular flexibility index (Phi) is 8.13. The van der Waals surface area contributed by atoms with Gasteiger partial charge in [-0.3, -0.25) is 9.69 Å². The number of nitrogens with one attached hydrogen (secondary N) is 2. The first-order chi connectivity index (χ1) is 11.7. The van der Waals surface area contributed by atoms with Gasteiger partial charge >= 0.3 is 0 Å². The number of likely N-dealkylation sites (tertiary alicyclic amines) is 1. The number of nitrogens with zero attached hydrogens (tertiary/aromatic N) is 1. The summed E-state index contributed by atoms with van der Waals surface area (Å²) in [6.45, 7) is 4.51. The van der Waals surface area contributed by atoms with E-state index < -0.39 is 0 Å². The zero-order chi connectivity index (χ0) is 16.8. The number of carbonyl (C=O) groups is 1. The number of piperidine rings is 2. The molecule has 140 valence electrons. The minimum atomic E-state index is -0.215. The van der Waals surface area contributed by atoms with Crippen LogP contribution in [0.2, 0.25) is 0 Å². The average Bonchev–Trinajstić information content (AvgIpc) is 2.63. The number of hydrogen-bond acceptors (Lipinski definition) is 3. The second kappa shape index (κ2) is 10.1. The fourth-order valence-electron chi connectivity index (χ4n) is 3.76. The van der Waals surface area contributed by atoms with Crippen LogP contribution in [0.5, 0.6) is 0 Å². The van der Waals surface area contributed by atoms with Gasteiger partial charge in [0, 0.05) is 13.1 Å². The third kappa shape index (κ3) is 5.94. The van der Waals surface area contributed by atoms with Gasteiger partial charge in [0.2, 0.25) is 5.91 Å². The normalized spacial score (nSPS) is 24.4. The Hall–Kier alpha value is -1.17. The highest BCUT2D eigenvalue weighted by Crippen LogP contribution is 2.20. The molecule has 0 bridgehead atoms. The van der Waals surface area contributed by atoms with Crippen molar-refractivity contribution >= 4 is 18.3 Å². The maximum Gasteiger partial charge on any atom is 0.237 e. The van der Waals surface area contributed by atoms with E-state index in [1.807, 2.05) is 12.1 Å². The number of benzene rings is 1. The summed E-state index contributed by atoms with van der Waals surface area (Å²) in [5, 5.41) is 6.56. The number of halogens is 2. The van der Waals surface area contributed by atoms with Crippen molar-refractivity contribution in [2.45, 2.75) is 44.7 Å². The molecule has 1 aromatic carbocycles. The van der Waals surface area contributed by atoms with E-state index in [4.69, 9.17) is 0 Å². The van der Waals surface area contributed by atoms with Crippen LogP contribution in [0.4, 0.5) is 4.39 Å². The van der Waals surface area contributed by atoms with Crippen molar-refractivity contribution in [3.63, 3.8) is 0 Å². The van der Waals surface area contributed by atoms with Gasteiger partial charge in [-0.2, -0.15) is 0 Å². The molecule has 2 aliphatic rings. The van der Waals surface area contributed by atoms with E-state index in [1.165, 1.54) is 25.0 Å². The summed E-state index contributed by atoms with van der Waals surface area (Å²) >= 11 is 0. The Morgan fingerprint density at radius 3 is 2.72 bits per heavy atom. The summed E-state index contributed by atoms with van der Waals surface area (Å²) < 4.78 is 13.1. The highest BCUT2D eigenvalue weighted by atomic mass is 35.5. The Morgan fingerprint density at radius 2 is 2.00 bits per heavy atom. The first kappa shape index (κ1) is 20.1. The number of rotatable bonds is 5. The van der Waals surface area contributed by atoms with E-state index >= 15 is 0 Å². The third-order valence-corrected chi connectivity index (χ3v) is 5.18. The minimum absolute atomic E-state index is 0. The van der Waals surface area contributed by atoms with Gasteiger partial charge in [0.05, 0.1) is 6.04 Å². The van der Waals surface area contributed by atoms with Gasteiger partial charge in [-0.05, 0) is 68.9 Å². The van der Waals surface area contributed by atoms with Crippen molar-refractivity contribution < 1.29 is 9.18 Å². The van der Waals surface area contributed by atoms with Crippen LogP contribution in [0.1, 0.15) is 37.7 Å². The van der Waals surface area contributed by atoms with E-state index in [0.29, 0.717) is 12.5 Å². The molecule has 2 heterocycles. The van der Waals surface area contributed by atoms with Gasteiger partial charge in [0.1, 0.15) is 5.82 Å². The molecule has 3 rings (SSSR count). The van der Waals surface area contributed by atoms with Crippen LogP contribution >= 0.6 is 12.4 Å². The highest BCUT2D eigenvalue weighted by molar-refractivity contribution is 5.85. The van der Waals surface area contributed by atoms with Crippen molar-refractivity contribution in [1.82, 2.24) is 15.5 Å². The SMILES string of the molecule is Cl.O=C(NCC1CCCNC1)C1CCCCN1Cc1ccc(F)cc1. The predicted molar refractivity (Wildman–Crippen MR) is 100 cm³/mol. The number of amides is 1. The van der Waals surface area contributed by atoms with Crippen LogP contribution in [0.15, 0.2) is 24.3 Å². The molecule has 2 aliphatic heterocycles. The van der Waals surface area contributed by atoms with Crippen molar-refractivity contribution in [1.29, 1.82) is 0 Å². The van der Waals surface area contributed by atoms with E-state index in [-0.39, 0.29) is 30.2 Å². The lowest BCUT2D eigenvalue weighted by Crippen LogP contribution is -2.50. The van der Waals surface area contributed by atoms with Crippen LogP contribution in [0.25, 0.3) is 0 Å². The van der Waals surface area contributed by atoms with Crippen LogP contribution in [0, 0.1) is 11.7 Å². The molecule has 25 heavy (non-hydrogen) atoms. The lowest BCUT2D eigenvalue weighted by Gasteiger charge is -2.35. The molecule has 4 nitrogen and oxygen atoms in total. The van der Waals surface area contributed by atoms with Crippen molar-refractivity contribution in [2.24, 2.45) is 5.92 Å². The summed E-state index contributed by atoms with van der Waals surface area (Å²) in [6.07, 6.45) is 5.52. The topological polar surface area (TPSA) is 44.4 Å². The maximum atomic E-state index is 13.1. The zero-order valence-corrected chi connectivity index (χ0v) is 15.5. The van der Waals surface area contributed by atoms with Gasteiger partial charge in [0.15, 0.2) is 0 Å². The second-order valence-electron chi connectivity index (χ2n) is 7.07. The standard InChI is InChI=1S/C19H28FN3O.ClH/c20-17-8-6-15(7-9-17)14-23-11-2-1-5-18(23)19(24)22-13-16-4-3-10-21-12-16;/h6-9,16,18,21H,1-5,10-14H2,(H,22,24);1H. The van der Waals surface area contributed by atoms with Gasteiger partial charge in [-0.15, -0.1) is 12.4 Å². The fourth-order valence-corrected chi connectivity index (χ4v) is 3.76. The van der Waals surface area contributed by atoms with Crippen molar-refractivity contribution in [3.8, 4) is 0 Å². The van der Waals surface area contributed by atoms with Crippen LogP contribution in [0.3, 0.4) is 0 Å². The molecule has 0 saturated carbocycles. The molecule has 2 fully saturated rings. The molecule has 1 amide bonds. The Balaban J connectivity index is 0.00000225. The largest absolute Gasteiger partial charge is 0.354 e. The van der Waals surface area contributed by atoms with Gasteiger partial charge in [-0.25, -0.2) is 4.39 Å². The molecule has 0 spiro atoms. The highest BCUT2D eigenvalue weighted by Gasteiger charge is 2.29. The third-order valence-electron chi connectivity index (χ3n) is 5.18. The van der Waals surface area contributed by atoms with Crippen molar-refractivity contribution in [2.75, 3.05) is 26.2 Å². The molecular formula is C19H29ClFN3O. The number of hydrogen-bond donors (Lipinski definition) is 2. The first-order valence-corrected chi connectivity index (χ1v) is 9.19. The summed E-state index contributed by atoms with van der Waals surface area (Å²) in [5.74, 6) is 0.493. The summed E-state index contributed by atoms with van der Waals surface area (Å²) in [7, 11) is 0. The Bertz CT molecular complexity index is 534. The number of carbonyl (C=O) groups excluding carboxylic acids is 1. The lowest BCUT2D eigenvalue weighted by atomic mass is 9.98. The van der Waals surface area contributed by atoms with Crippen LogP contribution < -0.4 is 10.6 Å². The Morgan fingerprint density at radius 1 is 1.20 bits per heavy atom. The molecule has 0 radical (unpaired) electrons. The molecule has 6 heteroatoms. The van der Waals surface area contributed by atoms with Gasteiger partial charge in [0.25, 0.3) is 0 Å². The zero-order valence-electron chi connectivity index (χ0n) is 14.7. The van der Waals surface area contributed by atoms with Crippen LogP contribution in [-0.2, 0) is 11.3 Å². The lowest BCUT2D eigenvalue weighted by molar-refractivity contribution is -0.128. The molecule has 2 atom stereocenters. The van der Waals surface area contributed by atoms with E-state index in [1.54, 1.807) is 0 Å². The summed E-state index contributed by atoms with van der Waals surface area (Å²) in [6, 6.07) is 6.55. The van der Waals surface area contributed by atoms with Gasteiger partial charge < -0.3 is 10.6 Å². The van der Waals surface area contributed by atoms with Gasteiger partial charge in [-0.1, -0.05) is 18.6 Å². The minimum Gasteiger partial charge on any atom is -0.354 e. The molecule has 0 aliphatic carbocycles. The molecular weight excluding hydrogens is 341 g/mol. The Labute approximate surface area is 156 Å². The summed E-state index contributed by atoms with van der Waals surface area (Å²) in [5.41, 5.74) is 1.06. The molecule has 0 aromatic heterocycles. The average molecular weight is 370 g/mol.